The second kappa shape index (κ2) is 11.0. The standard InChI is InChI=1S/C23H28N2O4/c1-4-14-29-19-10-8-18(9-11-19)20(26)12-13-21(27)24-15-22(28)25-23-16(2)6-5-7-17(23)3/h5-11H,4,12-15H2,1-3H3,(H,24,27)(H,25,28). The molecule has 29 heavy (non-hydrogen) atoms. The Kier molecular flexibility index (Phi) is 8.40. The molecule has 0 aliphatic heterocycles. The van der Waals surface area contributed by atoms with Crippen molar-refractivity contribution in [3.8, 4) is 5.75 Å². The minimum absolute atomic E-state index is 0.0313. The Hall–Kier alpha value is -3.15. The fourth-order valence-corrected chi connectivity index (χ4v) is 2.79. The Morgan fingerprint density at radius 3 is 2.17 bits per heavy atom. The summed E-state index contributed by atoms with van der Waals surface area (Å²) in [6.07, 6.45) is 1.03. The summed E-state index contributed by atoms with van der Waals surface area (Å²) < 4.78 is 5.49. The molecule has 0 bridgehead atoms. The lowest BCUT2D eigenvalue weighted by Gasteiger charge is -2.12. The molecule has 0 aromatic heterocycles. The van der Waals surface area contributed by atoms with Gasteiger partial charge in [-0.1, -0.05) is 25.1 Å². The highest BCUT2D eigenvalue weighted by Gasteiger charge is 2.12. The zero-order chi connectivity index (χ0) is 21.2. The third-order valence-corrected chi connectivity index (χ3v) is 4.42. The van der Waals surface area contributed by atoms with Crippen molar-refractivity contribution in [1.29, 1.82) is 0 Å². The maximum atomic E-state index is 12.2. The number of nitrogens with one attached hydrogen (secondary N) is 2. The summed E-state index contributed by atoms with van der Waals surface area (Å²) in [6.45, 7) is 6.34. The summed E-state index contributed by atoms with van der Waals surface area (Å²) in [5.74, 6) is -0.0409. The Labute approximate surface area is 171 Å². The molecule has 6 nitrogen and oxygen atoms in total. The number of hydrogen-bond donors (Lipinski definition) is 2. The van der Waals surface area contributed by atoms with Crippen LogP contribution in [0.3, 0.4) is 0 Å². The van der Waals surface area contributed by atoms with E-state index in [0.29, 0.717) is 12.2 Å². The number of aryl methyl sites for hydroxylation is 2. The topological polar surface area (TPSA) is 84.5 Å². The average Bonchev–Trinajstić information content (AvgIpc) is 2.72. The van der Waals surface area contributed by atoms with Gasteiger partial charge in [0.15, 0.2) is 5.78 Å². The van der Waals surface area contributed by atoms with E-state index in [1.165, 1.54) is 0 Å². The first-order valence-electron chi connectivity index (χ1n) is 9.79. The quantitative estimate of drug-likeness (QED) is 0.598. The number of benzene rings is 2. The number of para-hydroxylation sites is 1. The van der Waals surface area contributed by atoms with E-state index < -0.39 is 0 Å². The fourth-order valence-electron chi connectivity index (χ4n) is 2.79. The van der Waals surface area contributed by atoms with Gasteiger partial charge in [-0.15, -0.1) is 0 Å². The number of anilines is 1. The lowest BCUT2D eigenvalue weighted by Crippen LogP contribution is -2.33. The summed E-state index contributed by atoms with van der Waals surface area (Å²) in [4.78, 5) is 36.3. The van der Waals surface area contributed by atoms with Crippen molar-refractivity contribution in [1.82, 2.24) is 5.32 Å². The Balaban J connectivity index is 1.75. The monoisotopic (exact) mass is 396 g/mol. The number of amides is 2. The van der Waals surface area contributed by atoms with Gasteiger partial charge in [-0.3, -0.25) is 14.4 Å². The number of ketones is 1. The van der Waals surface area contributed by atoms with Gasteiger partial charge < -0.3 is 15.4 Å². The van der Waals surface area contributed by atoms with Gasteiger partial charge in [0.05, 0.1) is 13.2 Å². The van der Waals surface area contributed by atoms with Crippen LogP contribution in [0.25, 0.3) is 0 Å². The second-order valence-corrected chi connectivity index (χ2v) is 6.89. The molecule has 154 valence electrons. The maximum Gasteiger partial charge on any atom is 0.243 e. The molecule has 2 aromatic carbocycles. The molecule has 6 heteroatoms. The van der Waals surface area contributed by atoms with Crippen molar-refractivity contribution >= 4 is 23.3 Å². The van der Waals surface area contributed by atoms with E-state index in [9.17, 15) is 14.4 Å². The van der Waals surface area contributed by atoms with Gasteiger partial charge in [-0.05, 0) is 55.7 Å². The highest BCUT2D eigenvalue weighted by atomic mass is 16.5. The van der Waals surface area contributed by atoms with Crippen molar-refractivity contribution in [3.63, 3.8) is 0 Å². The van der Waals surface area contributed by atoms with Crippen molar-refractivity contribution in [3.05, 3.63) is 59.2 Å². The Morgan fingerprint density at radius 2 is 1.55 bits per heavy atom. The van der Waals surface area contributed by atoms with E-state index in [0.717, 1.165) is 29.0 Å². The lowest BCUT2D eigenvalue weighted by atomic mass is 10.1. The largest absolute Gasteiger partial charge is 0.494 e. The first kappa shape index (κ1) is 22.1. The van der Waals surface area contributed by atoms with Gasteiger partial charge in [0.2, 0.25) is 11.8 Å². The molecule has 0 unspecified atom stereocenters. The van der Waals surface area contributed by atoms with E-state index >= 15 is 0 Å². The molecule has 0 heterocycles. The molecular weight excluding hydrogens is 368 g/mol. The molecule has 0 saturated heterocycles. The van der Waals surface area contributed by atoms with Crippen LogP contribution >= 0.6 is 0 Å². The number of hydrogen-bond acceptors (Lipinski definition) is 4. The van der Waals surface area contributed by atoms with Crippen molar-refractivity contribution < 1.29 is 19.1 Å². The number of Topliss-reactive ketones (excluding diaryl/α,β-unsaturated/α-hetero) is 1. The molecule has 2 amide bonds. The van der Waals surface area contributed by atoms with Crippen LogP contribution in [0.2, 0.25) is 0 Å². The number of rotatable bonds is 10. The predicted molar refractivity (Wildman–Crippen MR) is 113 cm³/mol. The lowest BCUT2D eigenvalue weighted by molar-refractivity contribution is -0.124. The van der Waals surface area contributed by atoms with Crippen LogP contribution in [-0.4, -0.2) is 30.7 Å². The molecule has 0 radical (unpaired) electrons. The summed E-state index contributed by atoms with van der Waals surface area (Å²) in [5, 5.41) is 5.37. The Morgan fingerprint density at radius 1 is 0.897 bits per heavy atom. The molecule has 0 saturated carbocycles. The van der Waals surface area contributed by atoms with Crippen LogP contribution in [0, 0.1) is 13.8 Å². The van der Waals surface area contributed by atoms with Crippen LogP contribution in [-0.2, 0) is 9.59 Å². The Bertz CT molecular complexity index is 839. The second-order valence-electron chi connectivity index (χ2n) is 6.89. The minimum Gasteiger partial charge on any atom is -0.494 e. The zero-order valence-corrected chi connectivity index (χ0v) is 17.2. The molecule has 0 spiro atoms. The molecule has 0 aliphatic rings. The molecule has 2 rings (SSSR count). The SMILES string of the molecule is CCCOc1ccc(C(=O)CCC(=O)NCC(=O)Nc2c(C)cccc2C)cc1. The average molecular weight is 396 g/mol. The van der Waals surface area contributed by atoms with Gasteiger partial charge in [-0.25, -0.2) is 0 Å². The van der Waals surface area contributed by atoms with E-state index in [4.69, 9.17) is 4.74 Å². The molecular formula is C23H28N2O4. The summed E-state index contributed by atoms with van der Waals surface area (Å²) in [6, 6.07) is 12.6. The van der Waals surface area contributed by atoms with Crippen LogP contribution in [0.1, 0.15) is 47.7 Å². The molecule has 0 fully saturated rings. The van der Waals surface area contributed by atoms with Crippen LogP contribution in [0.4, 0.5) is 5.69 Å². The zero-order valence-electron chi connectivity index (χ0n) is 17.2. The first-order chi connectivity index (χ1) is 13.9. The van der Waals surface area contributed by atoms with E-state index in [-0.39, 0.29) is 37.0 Å². The van der Waals surface area contributed by atoms with Gasteiger partial charge in [0.25, 0.3) is 0 Å². The fraction of sp³-hybridized carbons (Fsp3) is 0.348. The maximum absolute atomic E-state index is 12.2. The third-order valence-electron chi connectivity index (χ3n) is 4.42. The van der Waals surface area contributed by atoms with E-state index in [2.05, 4.69) is 10.6 Å². The van der Waals surface area contributed by atoms with E-state index in [1.807, 2.05) is 39.0 Å². The highest BCUT2D eigenvalue weighted by Crippen LogP contribution is 2.19. The predicted octanol–water partition coefficient (Wildman–Crippen LogP) is 3.81. The van der Waals surface area contributed by atoms with E-state index in [1.54, 1.807) is 24.3 Å². The number of carbonyl (C=O) groups is 3. The van der Waals surface area contributed by atoms with Gasteiger partial charge in [0.1, 0.15) is 5.75 Å². The third kappa shape index (κ3) is 7.07. The summed E-state index contributed by atoms with van der Waals surface area (Å²) in [7, 11) is 0. The molecule has 0 atom stereocenters. The van der Waals surface area contributed by atoms with Gasteiger partial charge >= 0.3 is 0 Å². The van der Waals surface area contributed by atoms with Crippen LogP contribution in [0.5, 0.6) is 5.75 Å². The molecule has 2 aromatic rings. The summed E-state index contributed by atoms with van der Waals surface area (Å²) in [5.41, 5.74) is 3.21. The summed E-state index contributed by atoms with van der Waals surface area (Å²) >= 11 is 0. The van der Waals surface area contributed by atoms with Crippen molar-refractivity contribution in [2.75, 3.05) is 18.5 Å². The highest BCUT2D eigenvalue weighted by molar-refractivity contribution is 5.99. The van der Waals surface area contributed by atoms with Crippen LogP contribution < -0.4 is 15.4 Å². The minimum atomic E-state index is -0.335. The number of ether oxygens (including phenoxy) is 1. The first-order valence-corrected chi connectivity index (χ1v) is 9.79. The van der Waals surface area contributed by atoms with Crippen molar-refractivity contribution in [2.45, 2.75) is 40.0 Å². The normalized spacial score (nSPS) is 10.3. The van der Waals surface area contributed by atoms with Crippen molar-refractivity contribution in [2.24, 2.45) is 0 Å². The molecule has 2 N–H and O–H groups in total. The van der Waals surface area contributed by atoms with Gasteiger partial charge in [-0.2, -0.15) is 0 Å². The number of carbonyl (C=O) groups excluding carboxylic acids is 3. The van der Waals surface area contributed by atoms with Gasteiger partial charge in [0, 0.05) is 24.1 Å². The molecule has 0 aliphatic carbocycles. The van der Waals surface area contributed by atoms with Crippen LogP contribution in [0.15, 0.2) is 42.5 Å². The smallest absolute Gasteiger partial charge is 0.243 e.